The first-order chi connectivity index (χ1) is 15.3. The number of aromatic nitrogens is 1. The quantitative estimate of drug-likeness (QED) is 0.534. The molecule has 0 bridgehead atoms. The molecular formula is C26H35N5O. The zero-order valence-electron chi connectivity index (χ0n) is 20.0. The summed E-state index contributed by atoms with van der Waals surface area (Å²) in [5, 5.41) is 12.6. The Morgan fingerprint density at radius 2 is 1.88 bits per heavy atom. The number of rotatable bonds is 7. The molecule has 1 amide bonds. The molecule has 6 heteroatoms. The third kappa shape index (κ3) is 5.60. The van der Waals surface area contributed by atoms with Gasteiger partial charge in [-0.2, -0.15) is 5.26 Å². The fourth-order valence-electron chi connectivity index (χ4n) is 4.21. The standard InChI is InChI=1S/C26H35N5O/c1-19(2)18-31-20(3)14-23(21(31)4)15-24(16-27)26(32)28-17-22-8-6-7-9-25(22)30-12-10-29(5)11-13-30/h6-9,14-15,19H,10-13,17-18H2,1-5H3,(H,28,32)/b24-15-. The van der Waals surface area contributed by atoms with Crippen molar-refractivity contribution in [3.8, 4) is 6.07 Å². The number of nitrogens with one attached hydrogen (secondary N) is 1. The maximum atomic E-state index is 12.8. The fraction of sp³-hybridized carbons (Fsp3) is 0.462. The van der Waals surface area contributed by atoms with Gasteiger partial charge in [-0.25, -0.2) is 0 Å². The Hall–Kier alpha value is -3.04. The molecule has 2 aromatic rings. The molecule has 1 fully saturated rings. The summed E-state index contributed by atoms with van der Waals surface area (Å²) in [4.78, 5) is 17.5. The normalized spacial score (nSPS) is 15.2. The highest BCUT2D eigenvalue weighted by molar-refractivity contribution is 6.01. The SMILES string of the molecule is Cc1cc(/C=C(/C#N)C(=O)NCc2ccccc2N2CCN(C)CC2)c(C)n1CC(C)C. The fourth-order valence-corrected chi connectivity index (χ4v) is 4.21. The molecule has 1 aliphatic heterocycles. The maximum absolute atomic E-state index is 12.8. The number of anilines is 1. The number of carbonyl (C=O) groups excluding carboxylic acids is 1. The van der Waals surface area contributed by atoms with Crippen LogP contribution in [-0.4, -0.2) is 48.6 Å². The third-order valence-corrected chi connectivity index (χ3v) is 6.10. The van der Waals surface area contributed by atoms with Gasteiger partial charge in [-0.1, -0.05) is 32.0 Å². The summed E-state index contributed by atoms with van der Waals surface area (Å²) < 4.78 is 2.25. The molecule has 0 atom stereocenters. The number of hydrogen-bond acceptors (Lipinski definition) is 4. The van der Waals surface area contributed by atoms with E-state index in [0.29, 0.717) is 12.5 Å². The minimum atomic E-state index is -0.339. The van der Waals surface area contributed by atoms with Crippen LogP contribution < -0.4 is 10.2 Å². The Morgan fingerprint density at radius 3 is 2.53 bits per heavy atom. The van der Waals surface area contributed by atoms with E-state index in [4.69, 9.17) is 0 Å². The van der Waals surface area contributed by atoms with Crippen LogP contribution in [0.2, 0.25) is 0 Å². The lowest BCUT2D eigenvalue weighted by atomic mass is 10.1. The molecule has 1 aliphatic rings. The average molecular weight is 434 g/mol. The maximum Gasteiger partial charge on any atom is 0.262 e. The van der Waals surface area contributed by atoms with E-state index in [0.717, 1.165) is 60.9 Å². The van der Waals surface area contributed by atoms with Gasteiger partial charge in [0.05, 0.1) is 0 Å². The van der Waals surface area contributed by atoms with Crippen molar-refractivity contribution in [3.63, 3.8) is 0 Å². The largest absolute Gasteiger partial charge is 0.369 e. The second kappa shape index (κ2) is 10.5. The molecule has 3 rings (SSSR count). The van der Waals surface area contributed by atoms with Gasteiger partial charge in [-0.15, -0.1) is 0 Å². The van der Waals surface area contributed by atoms with E-state index in [2.05, 4.69) is 59.6 Å². The Labute approximate surface area is 192 Å². The van der Waals surface area contributed by atoms with Crippen LogP contribution in [0, 0.1) is 31.1 Å². The van der Waals surface area contributed by atoms with Crippen molar-refractivity contribution < 1.29 is 4.79 Å². The number of likely N-dealkylation sites (N-methyl/N-ethyl adjacent to an activating group) is 1. The van der Waals surface area contributed by atoms with Gasteiger partial charge in [-0.05, 0) is 56.1 Å². The van der Waals surface area contributed by atoms with Crippen molar-refractivity contribution in [1.82, 2.24) is 14.8 Å². The molecular weight excluding hydrogens is 398 g/mol. The predicted octanol–water partition coefficient (Wildman–Crippen LogP) is 3.74. The molecule has 32 heavy (non-hydrogen) atoms. The van der Waals surface area contributed by atoms with Gasteiger partial charge in [0.1, 0.15) is 11.6 Å². The number of benzene rings is 1. The minimum Gasteiger partial charge on any atom is -0.369 e. The zero-order valence-corrected chi connectivity index (χ0v) is 20.0. The van der Waals surface area contributed by atoms with E-state index < -0.39 is 0 Å². The van der Waals surface area contributed by atoms with E-state index >= 15 is 0 Å². The number of nitrogens with zero attached hydrogens (tertiary/aromatic N) is 4. The Morgan fingerprint density at radius 1 is 1.19 bits per heavy atom. The van der Waals surface area contributed by atoms with Crippen molar-refractivity contribution in [3.05, 3.63) is 58.4 Å². The van der Waals surface area contributed by atoms with Gasteiger partial charge in [0.25, 0.3) is 5.91 Å². The highest BCUT2D eigenvalue weighted by Gasteiger charge is 2.18. The van der Waals surface area contributed by atoms with Gasteiger partial charge >= 0.3 is 0 Å². The smallest absolute Gasteiger partial charge is 0.262 e. The van der Waals surface area contributed by atoms with Gasteiger partial charge in [0, 0.05) is 56.3 Å². The van der Waals surface area contributed by atoms with Crippen molar-refractivity contribution in [2.45, 2.75) is 40.8 Å². The van der Waals surface area contributed by atoms with Crippen LogP contribution in [-0.2, 0) is 17.9 Å². The number of aryl methyl sites for hydroxylation is 1. The zero-order chi connectivity index (χ0) is 23.3. The highest BCUT2D eigenvalue weighted by atomic mass is 16.1. The molecule has 6 nitrogen and oxygen atoms in total. The third-order valence-electron chi connectivity index (χ3n) is 6.10. The van der Waals surface area contributed by atoms with E-state index in [1.807, 2.05) is 31.2 Å². The first kappa shape index (κ1) is 23.6. The van der Waals surface area contributed by atoms with Gasteiger partial charge < -0.3 is 19.7 Å². The molecule has 1 N–H and O–H groups in total. The number of hydrogen-bond donors (Lipinski definition) is 1. The van der Waals surface area contributed by atoms with E-state index in [1.165, 1.54) is 0 Å². The predicted molar refractivity (Wildman–Crippen MR) is 130 cm³/mol. The van der Waals surface area contributed by atoms with Crippen LogP contribution in [0.3, 0.4) is 0 Å². The number of piperazine rings is 1. The molecule has 0 radical (unpaired) electrons. The molecule has 0 unspecified atom stereocenters. The summed E-state index contributed by atoms with van der Waals surface area (Å²) in [6.07, 6.45) is 1.71. The summed E-state index contributed by atoms with van der Waals surface area (Å²) in [6.45, 7) is 13.8. The first-order valence-corrected chi connectivity index (χ1v) is 11.4. The molecule has 1 aromatic carbocycles. The second-order valence-corrected chi connectivity index (χ2v) is 9.10. The van der Waals surface area contributed by atoms with E-state index in [-0.39, 0.29) is 11.5 Å². The van der Waals surface area contributed by atoms with Gasteiger partial charge in [0.15, 0.2) is 0 Å². The molecule has 1 saturated heterocycles. The number of amides is 1. The molecule has 1 aromatic heterocycles. The first-order valence-electron chi connectivity index (χ1n) is 11.4. The number of carbonyl (C=O) groups is 1. The Balaban J connectivity index is 1.73. The van der Waals surface area contributed by atoms with E-state index in [1.54, 1.807) is 6.08 Å². The van der Waals surface area contributed by atoms with Gasteiger partial charge in [-0.3, -0.25) is 4.79 Å². The van der Waals surface area contributed by atoms with Crippen molar-refractivity contribution in [1.29, 1.82) is 5.26 Å². The van der Waals surface area contributed by atoms with E-state index in [9.17, 15) is 10.1 Å². The second-order valence-electron chi connectivity index (χ2n) is 9.10. The summed E-state index contributed by atoms with van der Waals surface area (Å²) >= 11 is 0. The van der Waals surface area contributed by atoms with Crippen molar-refractivity contribution in [2.24, 2.45) is 5.92 Å². The molecule has 0 saturated carbocycles. The van der Waals surface area contributed by atoms with Crippen LogP contribution in [0.15, 0.2) is 35.9 Å². The van der Waals surface area contributed by atoms with Gasteiger partial charge in [0.2, 0.25) is 0 Å². The summed E-state index contributed by atoms with van der Waals surface area (Å²) in [5.74, 6) is 0.185. The average Bonchev–Trinajstić information content (AvgIpc) is 3.03. The van der Waals surface area contributed by atoms with Crippen LogP contribution in [0.4, 0.5) is 5.69 Å². The Kier molecular flexibility index (Phi) is 7.76. The highest BCUT2D eigenvalue weighted by Crippen LogP contribution is 2.22. The lowest BCUT2D eigenvalue weighted by Crippen LogP contribution is -2.45. The number of nitriles is 1. The topological polar surface area (TPSA) is 64.3 Å². The summed E-state index contributed by atoms with van der Waals surface area (Å²) in [6, 6.07) is 12.3. The van der Waals surface area contributed by atoms with Crippen LogP contribution in [0.25, 0.3) is 6.08 Å². The monoisotopic (exact) mass is 433 g/mol. The molecule has 2 heterocycles. The summed E-state index contributed by atoms with van der Waals surface area (Å²) in [7, 11) is 2.14. The summed E-state index contributed by atoms with van der Waals surface area (Å²) in [5.41, 5.74) is 5.50. The van der Waals surface area contributed by atoms with Crippen LogP contribution in [0.1, 0.15) is 36.4 Å². The minimum absolute atomic E-state index is 0.131. The molecule has 170 valence electrons. The van der Waals surface area contributed by atoms with Crippen LogP contribution >= 0.6 is 0 Å². The Bertz CT molecular complexity index is 1020. The van der Waals surface area contributed by atoms with Crippen molar-refractivity contribution >= 4 is 17.7 Å². The number of para-hydroxylation sites is 1. The van der Waals surface area contributed by atoms with Crippen molar-refractivity contribution in [2.75, 3.05) is 38.1 Å². The van der Waals surface area contributed by atoms with Crippen LogP contribution in [0.5, 0.6) is 0 Å². The lowest BCUT2D eigenvalue weighted by molar-refractivity contribution is -0.117. The molecule has 0 spiro atoms. The molecule has 0 aliphatic carbocycles. The lowest BCUT2D eigenvalue weighted by Gasteiger charge is -2.35.